The van der Waals surface area contributed by atoms with Gasteiger partial charge in [0.05, 0.1) is 6.61 Å². The minimum absolute atomic E-state index is 0.155. The lowest BCUT2D eigenvalue weighted by molar-refractivity contribution is -0.135. The maximum absolute atomic E-state index is 13.9. The Bertz CT molecular complexity index is 1800. The number of rotatable bonds is 6. The van der Waals surface area contributed by atoms with Crippen molar-refractivity contribution in [2.24, 2.45) is 11.8 Å². The van der Waals surface area contributed by atoms with Gasteiger partial charge >= 0.3 is 0 Å². The van der Waals surface area contributed by atoms with Gasteiger partial charge in [0.25, 0.3) is 0 Å². The van der Waals surface area contributed by atoms with E-state index in [4.69, 9.17) is 18.6 Å². The van der Waals surface area contributed by atoms with Gasteiger partial charge in [-0.05, 0) is 35.1 Å². The van der Waals surface area contributed by atoms with Crippen LogP contribution >= 0.6 is 0 Å². The monoisotopic (exact) mass is 613 g/mol. The molecule has 1 unspecified atom stereocenters. The number of para-hydroxylation sites is 1. The van der Waals surface area contributed by atoms with Crippen LogP contribution in [0, 0.1) is 11.8 Å². The van der Waals surface area contributed by atoms with Crippen molar-refractivity contribution >= 4 is 17.5 Å². The van der Waals surface area contributed by atoms with Crippen LogP contribution < -0.4 is 20.7 Å². The summed E-state index contributed by atoms with van der Waals surface area (Å²) >= 11 is 0. The molecular weight excluding hydrogens is 578 g/mol. The summed E-state index contributed by atoms with van der Waals surface area (Å²) in [6.07, 6.45) is -0.358. The van der Waals surface area contributed by atoms with Crippen molar-refractivity contribution < 1.29 is 33.4 Å². The highest BCUT2D eigenvalue weighted by Gasteiger charge is 2.61. The molecule has 5 atom stereocenters. The Hall–Kier alpha value is -4.68. The van der Waals surface area contributed by atoms with Crippen molar-refractivity contribution in [1.82, 2.24) is 20.6 Å². The van der Waals surface area contributed by atoms with Crippen molar-refractivity contribution in [3.8, 4) is 17.3 Å². The molecule has 2 aromatic carbocycles. The highest BCUT2D eigenvalue weighted by atomic mass is 16.5. The Morgan fingerprint density at radius 1 is 1.11 bits per heavy atom. The topological polar surface area (TPSA) is 172 Å². The number of hydrogen-bond donors (Lipinski definition) is 5. The Morgan fingerprint density at radius 3 is 2.64 bits per heavy atom. The molecule has 12 nitrogen and oxygen atoms in total. The molecule has 0 radical (unpaired) electrons. The number of aliphatic hydroxyl groups excluding tert-OH is 2. The number of oxazole rings is 2. The number of nitrogens with zero attached hydrogens (tertiary/aromatic N) is 2. The summed E-state index contributed by atoms with van der Waals surface area (Å²) in [6, 6.07) is 11.9. The summed E-state index contributed by atoms with van der Waals surface area (Å²) < 4.78 is 19.1. The van der Waals surface area contributed by atoms with Crippen LogP contribution in [-0.4, -0.2) is 50.4 Å². The number of carbonyl (C=O) groups is 2. The first-order chi connectivity index (χ1) is 21.6. The predicted octanol–water partition coefficient (Wildman–Crippen LogP) is 3.17. The molecule has 1 spiro atoms. The van der Waals surface area contributed by atoms with Crippen molar-refractivity contribution in [3.63, 3.8) is 0 Å². The van der Waals surface area contributed by atoms with Crippen LogP contribution in [0.15, 0.2) is 57.6 Å². The number of carbonyl (C=O) groups excluding carboxylic acids is 2. The van der Waals surface area contributed by atoms with Crippen LogP contribution in [-0.2, 0) is 28.0 Å². The Morgan fingerprint density at radius 2 is 1.91 bits per heavy atom. The van der Waals surface area contributed by atoms with Crippen LogP contribution in [0.4, 0.5) is 5.69 Å². The van der Waals surface area contributed by atoms with Gasteiger partial charge < -0.3 is 39.7 Å². The molecule has 2 amide bonds. The molecule has 7 rings (SSSR count). The third kappa shape index (κ3) is 4.50. The van der Waals surface area contributed by atoms with E-state index < -0.39 is 41.6 Å². The number of amides is 2. The zero-order chi connectivity index (χ0) is 31.6. The minimum Gasteiger partial charge on any atom is -0.469 e. The first-order valence-electron chi connectivity index (χ1n) is 15.1. The fraction of sp³-hybridized carbons (Fsp3) is 0.394. The third-order valence-electron chi connectivity index (χ3n) is 8.87. The normalized spacial score (nSPS) is 23.7. The molecule has 2 aromatic heterocycles. The average Bonchev–Trinajstić information content (AvgIpc) is 3.79. The van der Waals surface area contributed by atoms with Crippen LogP contribution in [0.3, 0.4) is 0 Å². The second kappa shape index (κ2) is 10.7. The molecule has 0 saturated carbocycles. The maximum Gasteiger partial charge on any atom is 0.249 e. The Kier molecular flexibility index (Phi) is 6.93. The zero-order valence-corrected chi connectivity index (χ0v) is 25.3. The second-order valence-electron chi connectivity index (χ2n) is 12.5. The molecule has 0 aliphatic carbocycles. The molecule has 3 aliphatic rings. The van der Waals surface area contributed by atoms with E-state index in [9.17, 15) is 19.8 Å². The predicted molar refractivity (Wildman–Crippen MR) is 161 cm³/mol. The number of anilines is 1. The van der Waals surface area contributed by atoms with Crippen molar-refractivity contribution in [3.05, 3.63) is 82.8 Å². The van der Waals surface area contributed by atoms with E-state index in [0.29, 0.717) is 22.9 Å². The number of ether oxygens (including phenoxy) is 1. The van der Waals surface area contributed by atoms with E-state index in [-0.39, 0.29) is 36.6 Å². The largest absolute Gasteiger partial charge is 0.469 e. The van der Waals surface area contributed by atoms with E-state index in [2.05, 4.69) is 20.9 Å². The van der Waals surface area contributed by atoms with Gasteiger partial charge in [0, 0.05) is 17.7 Å². The summed E-state index contributed by atoms with van der Waals surface area (Å²) in [5.74, 6) is -0.166. The second-order valence-corrected chi connectivity index (χ2v) is 12.5. The van der Waals surface area contributed by atoms with Gasteiger partial charge in [0.15, 0.2) is 17.7 Å². The summed E-state index contributed by atoms with van der Waals surface area (Å²) in [5, 5.41) is 29.6. The molecule has 0 fully saturated rings. The minimum atomic E-state index is -1.28. The van der Waals surface area contributed by atoms with Crippen LogP contribution in [0.1, 0.15) is 67.8 Å². The van der Waals surface area contributed by atoms with Crippen LogP contribution in [0.5, 0.6) is 5.75 Å². The molecule has 4 bridgehead atoms. The van der Waals surface area contributed by atoms with E-state index in [1.54, 1.807) is 13.8 Å². The molecular formula is C33H35N5O7. The van der Waals surface area contributed by atoms with Gasteiger partial charge in [0.1, 0.15) is 41.3 Å². The fourth-order valence-electron chi connectivity index (χ4n) is 6.50. The molecule has 3 aliphatic heterocycles. The number of benzene rings is 2. The first-order valence-corrected chi connectivity index (χ1v) is 15.1. The van der Waals surface area contributed by atoms with Crippen molar-refractivity contribution in [1.29, 1.82) is 0 Å². The van der Waals surface area contributed by atoms with Crippen LogP contribution in [0.25, 0.3) is 11.6 Å². The molecule has 5 N–H and O–H groups in total. The SMILES string of the molecule is CC(C)[C@H](O)C(=O)N[C@H]1Cc2ccc3c(c2)C2(c4ccccc4N[C@H]2O3)c2oc(nc2-c2nc(CO)co2)[C@H](C(C)C)NC1=O. The quantitative estimate of drug-likeness (QED) is 0.218. The van der Waals surface area contributed by atoms with Gasteiger partial charge in [0.2, 0.25) is 23.6 Å². The van der Waals surface area contributed by atoms with Crippen LogP contribution in [0.2, 0.25) is 0 Å². The maximum atomic E-state index is 13.9. The Balaban J connectivity index is 1.48. The molecule has 12 heteroatoms. The zero-order valence-electron chi connectivity index (χ0n) is 25.3. The van der Waals surface area contributed by atoms with Crippen molar-refractivity contribution in [2.75, 3.05) is 5.32 Å². The summed E-state index contributed by atoms with van der Waals surface area (Å²) in [6.45, 7) is 7.01. The lowest BCUT2D eigenvalue weighted by Gasteiger charge is -2.29. The Labute approximate surface area is 259 Å². The number of aromatic nitrogens is 2. The average molecular weight is 614 g/mol. The molecule has 45 heavy (non-hydrogen) atoms. The summed E-state index contributed by atoms with van der Waals surface area (Å²) in [5.41, 5.74) is 2.93. The van der Waals surface area contributed by atoms with Crippen molar-refractivity contribution in [2.45, 2.75) is 70.6 Å². The summed E-state index contributed by atoms with van der Waals surface area (Å²) in [7, 11) is 0. The molecule has 5 heterocycles. The number of fused-ring (bicyclic) bond motifs is 4. The standard InChI is InChI=1S/C33H35N5O7/c1-15(2)24-31-38-25(30-34-18(13-39)14-43-30)27(45-31)33-19-7-5-6-8-21(19)36-32(33)44-23-10-9-17(11-20(23)33)12-22(28(41)37-24)35-29(42)26(40)16(3)4/h5-11,14-16,22,24,26,32,36,39-40H,12-13H2,1-4H3,(H,35,42)(H,37,41)/t22-,24-,26-,32-,33?/m0/s1. The molecule has 4 aromatic rings. The van der Waals surface area contributed by atoms with E-state index in [1.165, 1.54) is 6.26 Å². The van der Waals surface area contributed by atoms with Gasteiger partial charge in [-0.15, -0.1) is 0 Å². The molecule has 0 saturated heterocycles. The van der Waals surface area contributed by atoms with Gasteiger partial charge in [-0.3, -0.25) is 9.59 Å². The lowest BCUT2D eigenvalue weighted by atomic mass is 9.72. The molecule has 234 valence electrons. The van der Waals surface area contributed by atoms with Gasteiger partial charge in [-0.25, -0.2) is 9.97 Å². The lowest BCUT2D eigenvalue weighted by Crippen LogP contribution is -2.52. The van der Waals surface area contributed by atoms with Gasteiger partial charge in [-0.1, -0.05) is 58.0 Å². The van der Waals surface area contributed by atoms with E-state index in [0.717, 1.165) is 22.4 Å². The highest BCUT2D eigenvalue weighted by Crippen LogP contribution is 2.59. The first kappa shape index (κ1) is 29.1. The third-order valence-corrected chi connectivity index (χ3v) is 8.87. The number of nitrogens with one attached hydrogen (secondary N) is 3. The fourth-order valence-corrected chi connectivity index (χ4v) is 6.50. The smallest absolute Gasteiger partial charge is 0.249 e. The number of hydrogen-bond acceptors (Lipinski definition) is 10. The van der Waals surface area contributed by atoms with E-state index >= 15 is 0 Å². The number of aliphatic hydroxyl groups is 2. The van der Waals surface area contributed by atoms with E-state index in [1.807, 2.05) is 56.3 Å². The van der Waals surface area contributed by atoms with Gasteiger partial charge in [-0.2, -0.15) is 0 Å². The summed E-state index contributed by atoms with van der Waals surface area (Å²) in [4.78, 5) is 36.3. The highest BCUT2D eigenvalue weighted by molar-refractivity contribution is 5.90.